The zero-order chi connectivity index (χ0) is 25.0. The van der Waals surface area contributed by atoms with Crippen LogP contribution in [0.2, 0.25) is 0 Å². The van der Waals surface area contributed by atoms with E-state index in [0.29, 0.717) is 24.3 Å². The Kier molecular flexibility index (Phi) is 11.9. The van der Waals surface area contributed by atoms with E-state index >= 15 is 0 Å². The third-order valence-corrected chi connectivity index (χ3v) is 5.31. The fourth-order valence-electron chi connectivity index (χ4n) is 3.12. The maximum absolute atomic E-state index is 13.5. The van der Waals surface area contributed by atoms with Gasteiger partial charge in [-0.15, -0.1) is 0 Å². The number of benzene rings is 1. The number of thioether (sulfide) groups is 1. The zero-order valence-corrected chi connectivity index (χ0v) is 21.4. The van der Waals surface area contributed by atoms with E-state index < -0.39 is 29.7 Å². The second kappa shape index (κ2) is 13.8. The Bertz CT molecular complexity index is 845. The minimum Gasteiger partial charge on any atom is -0.444 e. The highest BCUT2D eigenvalue weighted by atomic mass is 32.2. The highest BCUT2D eigenvalue weighted by molar-refractivity contribution is 7.98. The van der Waals surface area contributed by atoms with Crippen LogP contribution < -0.4 is 10.6 Å². The Labute approximate surface area is 202 Å². The van der Waals surface area contributed by atoms with Crippen LogP contribution >= 0.6 is 11.8 Å². The fraction of sp³-hybridized carbons (Fsp3) is 0.560. The summed E-state index contributed by atoms with van der Waals surface area (Å²) in [4.78, 5) is 40.2. The summed E-state index contributed by atoms with van der Waals surface area (Å²) in [5, 5.41) is 5.52. The van der Waals surface area contributed by atoms with Crippen LogP contribution in [0.3, 0.4) is 0 Å². The van der Waals surface area contributed by atoms with Crippen LogP contribution in [0, 0.1) is 19.4 Å². The second-order valence-electron chi connectivity index (χ2n) is 8.78. The minimum atomic E-state index is -1.02. The van der Waals surface area contributed by atoms with Crippen molar-refractivity contribution in [3.63, 3.8) is 0 Å². The van der Waals surface area contributed by atoms with Gasteiger partial charge in [-0.05, 0) is 58.1 Å². The number of rotatable bonds is 11. The van der Waals surface area contributed by atoms with Crippen LogP contribution in [-0.2, 0) is 14.3 Å². The first-order valence-electron chi connectivity index (χ1n) is 11.2. The lowest BCUT2D eigenvalue weighted by molar-refractivity contribution is -0.138. The lowest BCUT2D eigenvalue weighted by Gasteiger charge is -2.30. The van der Waals surface area contributed by atoms with Gasteiger partial charge in [0, 0.05) is 12.6 Å². The van der Waals surface area contributed by atoms with Gasteiger partial charge in [0.05, 0.1) is 0 Å². The van der Waals surface area contributed by atoms with Gasteiger partial charge in [-0.3, -0.25) is 14.5 Å². The predicted octanol–water partition coefficient (Wildman–Crippen LogP) is 4.02. The van der Waals surface area contributed by atoms with Crippen molar-refractivity contribution in [1.82, 2.24) is 15.5 Å². The Morgan fingerprint density at radius 3 is 2.52 bits per heavy atom. The van der Waals surface area contributed by atoms with Crippen molar-refractivity contribution in [3.05, 3.63) is 35.4 Å². The number of hydrogen-bond acceptors (Lipinski definition) is 5. The molecule has 1 aromatic carbocycles. The molecule has 0 aromatic heterocycles. The lowest BCUT2D eigenvalue weighted by atomic mass is 10.0. The molecule has 0 aliphatic rings. The van der Waals surface area contributed by atoms with Crippen molar-refractivity contribution in [2.45, 2.75) is 71.6 Å². The van der Waals surface area contributed by atoms with Crippen LogP contribution in [-0.4, -0.2) is 53.0 Å². The van der Waals surface area contributed by atoms with Crippen LogP contribution in [0.25, 0.3) is 0 Å². The van der Waals surface area contributed by atoms with Crippen molar-refractivity contribution in [2.75, 3.05) is 18.6 Å². The molecule has 0 radical (unpaired) electrons. The number of terminal acetylenes is 1. The summed E-state index contributed by atoms with van der Waals surface area (Å²) in [6.45, 7) is 9.65. The zero-order valence-electron chi connectivity index (χ0n) is 20.6. The lowest BCUT2D eigenvalue weighted by Crippen LogP contribution is -2.51. The third kappa shape index (κ3) is 9.79. The van der Waals surface area contributed by atoms with Crippen LogP contribution in [0.5, 0.6) is 0 Å². The minimum absolute atomic E-state index is 0.343. The number of amides is 3. The number of hydrogen-bond donors (Lipinski definition) is 2. The molecule has 182 valence electrons. The van der Waals surface area contributed by atoms with Gasteiger partial charge in [0.25, 0.3) is 5.91 Å². The van der Waals surface area contributed by atoms with E-state index in [9.17, 15) is 14.4 Å². The normalized spacial score (nSPS) is 12.8. The molecular weight excluding hydrogens is 438 g/mol. The maximum atomic E-state index is 13.5. The number of nitrogens with one attached hydrogen (secondary N) is 2. The van der Waals surface area contributed by atoms with E-state index in [-0.39, 0.29) is 5.91 Å². The average molecular weight is 476 g/mol. The summed E-state index contributed by atoms with van der Waals surface area (Å²) in [6.07, 6.45) is 9.04. The molecule has 1 rings (SSSR count). The standard InChI is InChI=1S/C25H37N3O4S/c1-8-10-15-26-22(29)21(19-13-11-12-18(3)17-19)28(9-2)23(30)20(14-16-33-7)27-24(31)32-25(4,5)6/h2,11-13,17,20-21H,8,10,14-16H2,1,3-7H3,(H,26,29)(H,27,31). The Morgan fingerprint density at radius 1 is 1.27 bits per heavy atom. The van der Waals surface area contributed by atoms with Gasteiger partial charge >= 0.3 is 6.09 Å². The first-order valence-corrected chi connectivity index (χ1v) is 12.6. The number of unbranched alkanes of at least 4 members (excludes halogenated alkanes) is 1. The molecule has 7 nitrogen and oxygen atoms in total. The summed E-state index contributed by atoms with van der Waals surface area (Å²) in [6, 6.07) is 7.77. The molecular formula is C25H37N3O4S. The molecule has 1 aromatic rings. The second-order valence-corrected chi connectivity index (χ2v) is 9.76. The average Bonchev–Trinajstić information content (AvgIpc) is 2.73. The molecule has 2 N–H and O–H groups in total. The summed E-state index contributed by atoms with van der Waals surface area (Å²) in [5.41, 5.74) is 0.831. The molecule has 0 heterocycles. The highest BCUT2D eigenvalue weighted by Gasteiger charge is 2.35. The Hall–Kier alpha value is -2.66. The van der Waals surface area contributed by atoms with Crippen LogP contribution in [0.4, 0.5) is 4.79 Å². The quantitative estimate of drug-likeness (QED) is 0.287. The van der Waals surface area contributed by atoms with E-state index in [4.69, 9.17) is 11.2 Å². The number of aryl methyl sites for hydroxylation is 1. The maximum Gasteiger partial charge on any atom is 0.408 e. The monoisotopic (exact) mass is 475 g/mol. The van der Waals surface area contributed by atoms with Crippen molar-refractivity contribution in [1.29, 1.82) is 0 Å². The first-order chi connectivity index (χ1) is 15.5. The van der Waals surface area contributed by atoms with Gasteiger partial charge in [-0.25, -0.2) is 4.79 Å². The van der Waals surface area contributed by atoms with Crippen molar-refractivity contribution in [2.24, 2.45) is 0 Å². The van der Waals surface area contributed by atoms with E-state index in [0.717, 1.165) is 23.3 Å². The molecule has 33 heavy (non-hydrogen) atoms. The summed E-state index contributed by atoms with van der Waals surface area (Å²) < 4.78 is 5.33. The molecule has 0 aliphatic heterocycles. The highest BCUT2D eigenvalue weighted by Crippen LogP contribution is 2.23. The summed E-state index contributed by atoms with van der Waals surface area (Å²) in [7, 11) is 0. The van der Waals surface area contributed by atoms with Crippen molar-refractivity contribution in [3.8, 4) is 12.5 Å². The predicted molar refractivity (Wildman–Crippen MR) is 134 cm³/mol. The molecule has 0 spiro atoms. The SMILES string of the molecule is C#CN(C(=O)C(CCSC)NC(=O)OC(C)(C)C)C(C(=O)NCCCC)c1cccc(C)c1. The van der Waals surface area contributed by atoms with Crippen molar-refractivity contribution >= 4 is 29.7 Å². The molecule has 3 amide bonds. The number of nitrogens with zero attached hydrogens (tertiary/aromatic N) is 1. The van der Waals surface area contributed by atoms with Gasteiger partial charge in [-0.2, -0.15) is 11.8 Å². The topological polar surface area (TPSA) is 87.7 Å². The molecule has 2 atom stereocenters. The third-order valence-electron chi connectivity index (χ3n) is 4.67. The molecule has 0 aliphatic carbocycles. The van der Waals surface area contributed by atoms with Crippen LogP contribution in [0.15, 0.2) is 24.3 Å². The van der Waals surface area contributed by atoms with E-state index in [1.807, 2.05) is 38.3 Å². The summed E-state index contributed by atoms with van der Waals surface area (Å²) >= 11 is 1.54. The van der Waals surface area contributed by atoms with Gasteiger partial charge < -0.3 is 15.4 Å². The number of ether oxygens (including phenoxy) is 1. The van der Waals surface area contributed by atoms with Gasteiger partial charge in [0.2, 0.25) is 5.91 Å². The van der Waals surface area contributed by atoms with Gasteiger partial charge in [-0.1, -0.05) is 49.6 Å². The van der Waals surface area contributed by atoms with E-state index in [1.54, 1.807) is 26.8 Å². The Morgan fingerprint density at radius 2 is 1.97 bits per heavy atom. The van der Waals surface area contributed by atoms with E-state index in [1.165, 1.54) is 11.8 Å². The number of alkyl carbamates (subject to hydrolysis) is 1. The molecule has 0 saturated carbocycles. The largest absolute Gasteiger partial charge is 0.444 e. The van der Waals surface area contributed by atoms with Crippen molar-refractivity contribution < 1.29 is 19.1 Å². The van der Waals surface area contributed by atoms with Crippen LogP contribution in [0.1, 0.15) is 64.1 Å². The molecule has 2 unspecified atom stereocenters. The van der Waals surface area contributed by atoms with Gasteiger partial charge in [0.15, 0.2) is 0 Å². The molecule has 0 fully saturated rings. The number of carbonyl (C=O) groups is 3. The Balaban J connectivity index is 3.28. The first kappa shape index (κ1) is 28.4. The van der Waals surface area contributed by atoms with Gasteiger partial charge in [0.1, 0.15) is 17.7 Å². The fourth-order valence-corrected chi connectivity index (χ4v) is 3.59. The molecule has 0 saturated heterocycles. The molecule has 8 heteroatoms. The summed E-state index contributed by atoms with van der Waals surface area (Å²) in [5.74, 6) is -0.279. The molecule has 0 bridgehead atoms. The number of carbonyl (C=O) groups excluding carboxylic acids is 3. The smallest absolute Gasteiger partial charge is 0.408 e. The van der Waals surface area contributed by atoms with E-state index in [2.05, 4.69) is 16.7 Å².